The third-order valence-electron chi connectivity index (χ3n) is 5.31. The van der Waals surface area contributed by atoms with Crippen LogP contribution in [-0.2, 0) is 4.74 Å². The van der Waals surface area contributed by atoms with Gasteiger partial charge in [-0.25, -0.2) is 9.59 Å². The molecule has 0 heterocycles. The van der Waals surface area contributed by atoms with Gasteiger partial charge in [0, 0.05) is 12.2 Å². The van der Waals surface area contributed by atoms with Gasteiger partial charge in [0.25, 0.3) is 0 Å². The topological polar surface area (TPSA) is 76.7 Å². The second-order valence-electron chi connectivity index (χ2n) is 9.13. The molecule has 0 bridgehead atoms. The highest BCUT2D eigenvalue weighted by atomic mass is 16.6. The van der Waals surface area contributed by atoms with Crippen molar-refractivity contribution in [3.05, 3.63) is 60.7 Å². The van der Waals surface area contributed by atoms with Crippen LogP contribution in [0.1, 0.15) is 40.0 Å². The Balaban J connectivity index is 1.56. The summed E-state index contributed by atoms with van der Waals surface area (Å²) in [5, 5.41) is 5.65. The van der Waals surface area contributed by atoms with E-state index in [1.54, 1.807) is 12.1 Å². The maximum atomic E-state index is 12.3. The van der Waals surface area contributed by atoms with Crippen molar-refractivity contribution in [2.75, 3.05) is 11.9 Å². The number of benzene rings is 2. The summed E-state index contributed by atoms with van der Waals surface area (Å²) in [4.78, 5) is 24.5. The molecule has 0 radical (unpaired) electrons. The Hall–Kier alpha value is -3.02. The Kier molecular flexibility index (Phi) is 6.65. The molecule has 2 N–H and O–H groups in total. The highest BCUT2D eigenvalue weighted by Gasteiger charge is 2.43. The molecule has 1 aliphatic rings. The van der Waals surface area contributed by atoms with E-state index in [1.807, 2.05) is 48.5 Å². The number of rotatable bonds is 5. The molecule has 0 aromatic heterocycles. The zero-order chi connectivity index (χ0) is 21.6. The van der Waals surface area contributed by atoms with E-state index >= 15 is 0 Å². The van der Waals surface area contributed by atoms with Crippen molar-refractivity contribution in [1.82, 2.24) is 5.32 Å². The number of anilines is 1. The quantitative estimate of drug-likeness (QED) is 0.672. The molecule has 1 saturated carbocycles. The number of hydrogen-bond acceptors (Lipinski definition) is 4. The van der Waals surface area contributed by atoms with Gasteiger partial charge in [-0.2, -0.15) is 0 Å². The fourth-order valence-electron chi connectivity index (χ4n) is 4.49. The summed E-state index contributed by atoms with van der Waals surface area (Å²) in [7, 11) is 0. The van der Waals surface area contributed by atoms with Gasteiger partial charge in [0.05, 0.1) is 0 Å². The Morgan fingerprint density at radius 2 is 1.57 bits per heavy atom. The lowest BCUT2D eigenvalue weighted by Crippen LogP contribution is -2.47. The Morgan fingerprint density at radius 3 is 2.23 bits per heavy atom. The van der Waals surface area contributed by atoms with Gasteiger partial charge in [-0.3, -0.25) is 5.32 Å². The molecular formula is C24H30N2O4. The standard InChI is InChI=1S/C24H30N2O4/c1-23(2)14-20(30-22(28)26-18-10-6-4-7-11-18)15-24(3,16-23)17-25-21(27)29-19-12-8-5-9-13-19/h4-13,20H,14-17H2,1-3H3,(H,25,27)(H,26,28). The molecule has 2 atom stereocenters. The van der Waals surface area contributed by atoms with Crippen LogP contribution in [0.4, 0.5) is 15.3 Å². The molecule has 160 valence electrons. The van der Waals surface area contributed by atoms with Crippen molar-refractivity contribution in [2.45, 2.75) is 46.1 Å². The molecule has 6 heteroatoms. The second kappa shape index (κ2) is 9.20. The fraction of sp³-hybridized carbons (Fsp3) is 0.417. The van der Waals surface area contributed by atoms with Crippen LogP contribution in [0.2, 0.25) is 0 Å². The van der Waals surface area contributed by atoms with E-state index in [0.29, 0.717) is 24.4 Å². The van der Waals surface area contributed by atoms with E-state index in [1.165, 1.54) is 0 Å². The van der Waals surface area contributed by atoms with Gasteiger partial charge in [0.2, 0.25) is 0 Å². The maximum Gasteiger partial charge on any atom is 0.412 e. The lowest BCUT2D eigenvalue weighted by Gasteiger charge is -2.46. The minimum atomic E-state index is -0.481. The highest BCUT2D eigenvalue weighted by Crippen LogP contribution is 2.46. The normalized spacial score (nSPS) is 22.6. The first-order valence-corrected chi connectivity index (χ1v) is 10.3. The minimum absolute atomic E-state index is 0.0181. The lowest BCUT2D eigenvalue weighted by atomic mass is 9.63. The monoisotopic (exact) mass is 410 g/mol. The smallest absolute Gasteiger partial charge is 0.412 e. The molecule has 0 aliphatic heterocycles. The highest BCUT2D eigenvalue weighted by molar-refractivity contribution is 5.84. The number of ether oxygens (including phenoxy) is 2. The molecule has 6 nitrogen and oxygen atoms in total. The predicted octanol–water partition coefficient (Wildman–Crippen LogP) is 5.61. The zero-order valence-electron chi connectivity index (χ0n) is 17.8. The van der Waals surface area contributed by atoms with Gasteiger partial charge in [0.1, 0.15) is 11.9 Å². The lowest BCUT2D eigenvalue weighted by molar-refractivity contribution is -0.0149. The molecule has 1 fully saturated rings. The second-order valence-corrected chi connectivity index (χ2v) is 9.13. The van der Waals surface area contributed by atoms with E-state index in [0.717, 1.165) is 12.8 Å². The molecule has 2 aromatic rings. The Labute approximate surface area is 178 Å². The fourth-order valence-corrected chi connectivity index (χ4v) is 4.49. The van der Waals surface area contributed by atoms with Crippen LogP contribution < -0.4 is 15.4 Å². The largest absolute Gasteiger partial charge is 0.446 e. The van der Waals surface area contributed by atoms with Crippen molar-refractivity contribution in [2.24, 2.45) is 10.8 Å². The van der Waals surface area contributed by atoms with Crippen molar-refractivity contribution in [3.63, 3.8) is 0 Å². The van der Waals surface area contributed by atoms with Gasteiger partial charge in [-0.1, -0.05) is 57.2 Å². The first-order chi connectivity index (χ1) is 14.2. The molecule has 3 rings (SSSR count). The number of carbonyl (C=O) groups excluding carboxylic acids is 2. The van der Waals surface area contributed by atoms with Crippen LogP contribution in [-0.4, -0.2) is 24.8 Å². The molecular weight excluding hydrogens is 380 g/mol. The summed E-state index contributed by atoms with van der Waals surface area (Å²) in [6.45, 7) is 6.89. The number of nitrogens with one attached hydrogen (secondary N) is 2. The van der Waals surface area contributed by atoms with Crippen molar-refractivity contribution < 1.29 is 19.1 Å². The molecule has 1 aliphatic carbocycles. The van der Waals surface area contributed by atoms with E-state index < -0.39 is 12.2 Å². The van der Waals surface area contributed by atoms with E-state index in [-0.39, 0.29) is 16.9 Å². The summed E-state index contributed by atoms with van der Waals surface area (Å²) in [5.41, 5.74) is 0.468. The van der Waals surface area contributed by atoms with Crippen LogP contribution in [0.3, 0.4) is 0 Å². The Bertz CT molecular complexity index is 854. The third kappa shape index (κ3) is 6.51. The summed E-state index contributed by atoms with van der Waals surface area (Å²) in [6.07, 6.45) is 1.19. The molecule has 30 heavy (non-hydrogen) atoms. The SMILES string of the molecule is CC1(C)CC(OC(=O)Nc2ccccc2)CC(C)(CNC(=O)Oc2ccccc2)C1. The molecule has 2 unspecified atom stereocenters. The van der Waals surface area contributed by atoms with Gasteiger partial charge < -0.3 is 14.8 Å². The zero-order valence-corrected chi connectivity index (χ0v) is 17.8. The van der Waals surface area contributed by atoms with Gasteiger partial charge >= 0.3 is 12.2 Å². The van der Waals surface area contributed by atoms with Gasteiger partial charge in [0.15, 0.2) is 0 Å². The minimum Gasteiger partial charge on any atom is -0.446 e. The number of hydrogen-bond donors (Lipinski definition) is 2. The van der Waals surface area contributed by atoms with Crippen molar-refractivity contribution in [1.29, 1.82) is 0 Å². The van der Waals surface area contributed by atoms with Gasteiger partial charge in [-0.15, -0.1) is 0 Å². The number of amides is 2. The first-order valence-electron chi connectivity index (χ1n) is 10.3. The summed E-state index contributed by atoms with van der Waals surface area (Å²) < 4.78 is 11.0. The van der Waals surface area contributed by atoms with Crippen molar-refractivity contribution in [3.8, 4) is 5.75 Å². The first kappa shape index (κ1) is 21.7. The summed E-state index contributed by atoms with van der Waals surface area (Å²) >= 11 is 0. The number of para-hydroxylation sites is 2. The van der Waals surface area contributed by atoms with E-state index in [9.17, 15) is 9.59 Å². The molecule has 0 spiro atoms. The predicted molar refractivity (Wildman–Crippen MR) is 117 cm³/mol. The van der Waals surface area contributed by atoms with Crippen LogP contribution in [0.5, 0.6) is 5.75 Å². The Morgan fingerprint density at radius 1 is 0.933 bits per heavy atom. The van der Waals surface area contributed by atoms with Crippen LogP contribution in [0, 0.1) is 10.8 Å². The average molecular weight is 411 g/mol. The van der Waals surface area contributed by atoms with Gasteiger partial charge in [-0.05, 0) is 54.4 Å². The molecule has 2 amide bonds. The average Bonchev–Trinajstić information content (AvgIpc) is 2.66. The van der Waals surface area contributed by atoms with Crippen LogP contribution in [0.25, 0.3) is 0 Å². The third-order valence-corrected chi connectivity index (χ3v) is 5.31. The molecule has 0 saturated heterocycles. The molecule has 2 aromatic carbocycles. The van der Waals surface area contributed by atoms with Crippen molar-refractivity contribution >= 4 is 17.9 Å². The summed E-state index contributed by atoms with van der Waals surface area (Å²) in [5.74, 6) is 0.503. The number of carbonyl (C=O) groups is 2. The maximum absolute atomic E-state index is 12.3. The van der Waals surface area contributed by atoms with E-state index in [2.05, 4.69) is 31.4 Å². The van der Waals surface area contributed by atoms with E-state index in [4.69, 9.17) is 9.47 Å². The van der Waals surface area contributed by atoms with Crippen LogP contribution >= 0.6 is 0 Å². The van der Waals surface area contributed by atoms with Crippen LogP contribution in [0.15, 0.2) is 60.7 Å². The summed E-state index contributed by atoms with van der Waals surface area (Å²) in [6, 6.07) is 18.2.